The van der Waals surface area contributed by atoms with E-state index in [2.05, 4.69) is 25.9 Å². The number of amides is 4. The molecule has 0 spiro atoms. The van der Waals surface area contributed by atoms with Crippen LogP contribution in [0.4, 0.5) is 0 Å². The van der Waals surface area contributed by atoms with E-state index in [1.54, 1.807) is 6.26 Å². The topological polar surface area (TPSA) is 243 Å². The lowest BCUT2D eigenvalue weighted by Gasteiger charge is -2.23. The predicted octanol–water partition coefficient (Wildman–Crippen LogP) is -3.56. The third-order valence-electron chi connectivity index (χ3n) is 4.41. The van der Waals surface area contributed by atoms with Crippen LogP contribution < -0.4 is 27.4 Å². The highest BCUT2D eigenvalue weighted by Gasteiger charge is 2.30. The average Bonchev–Trinajstić information content (AvgIpc) is 3.26. The van der Waals surface area contributed by atoms with Crippen molar-refractivity contribution < 1.29 is 34.2 Å². The van der Waals surface area contributed by atoms with Gasteiger partial charge in [-0.3, -0.25) is 19.2 Å². The van der Waals surface area contributed by atoms with Crippen molar-refractivity contribution >= 4 is 41.4 Å². The van der Waals surface area contributed by atoms with Crippen LogP contribution in [0.3, 0.4) is 0 Å². The standard InChI is InChI=1S/C18H29N7O7S/c1-33-3-2-11(18(31)32)23-17(30)13(7-26)25-16(29)12(5-14(20)27)24-15(28)10(19)4-9-6-21-8-22-9/h6,8,10-13,26H,2-5,7,19H2,1H3,(H2,20,27)(H,21,22)(H,23,30)(H,24,28)(H,25,29)(H,31,32). The number of aromatic amines is 1. The van der Waals surface area contributed by atoms with Gasteiger partial charge >= 0.3 is 5.97 Å². The molecule has 1 aromatic rings. The first-order valence-corrected chi connectivity index (χ1v) is 11.2. The SMILES string of the molecule is CSCCC(NC(=O)C(CO)NC(=O)C(CC(N)=O)NC(=O)C(N)Cc1cnc[nH]1)C(=O)O. The zero-order valence-corrected chi connectivity index (χ0v) is 18.8. The maximum atomic E-state index is 12.6. The Bertz CT molecular complexity index is 821. The molecule has 0 aliphatic rings. The molecule has 33 heavy (non-hydrogen) atoms. The lowest BCUT2D eigenvalue weighted by atomic mass is 10.1. The molecule has 15 heteroatoms. The van der Waals surface area contributed by atoms with Gasteiger partial charge in [-0.15, -0.1) is 0 Å². The number of carbonyl (C=O) groups is 5. The van der Waals surface area contributed by atoms with E-state index in [9.17, 15) is 34.2 Å². The number of primary amides is 1. The number of hydrogen-bond donors (Lipinski definition) is 8. The zero-order valence-electron chi connectivity index (χ0n) is 17.9. The molecule has 14 nitrogen and oxygen atoms in total. The minimum absolute atomic E-state index is 0.0744. The lowest BCUT2D eigenvalue weighted by Crippen LogP contribution is -2.58. The van der Waals surface area contributed by atoms with Gasteiger partial charge in [0.1, 0.15) is 18.1 Å². The van der Waals surface area contributed by atoms with Gasteiger partial charge in [-0.1, -0.05) is 0 Å². The fourth-order valence-corrected chi connectivity index (χ4v) is 3.12. The van der Waals surface area contributed by atoms with Crippen molar-refractivity contribution in [2.45, 2.75) is 43.4 Å². The van der Waals surface area contributed by atoms with Crippen molar-refractivity contribution in [3.05, 3.63) is 18.2 Å². The molecule has 4 atom stereocenters. The van der Waals surface area contributed by atoms with E-state index in [-0.39, 0.29) is 12.8 Å². The number of nitrogens with zero attached hydrogens (tertiary/aromatic N) is 1. The van der Waals surface area contributed by atoms with Crippen molar-refractivity contribution in [3.8, 4) is 0 Å². The number of aliphatic hydroxyl groups excluding tert-OH is 1. The number of carbonyl (C=O) groups excluding carboxylic acids is 4. The van der Waals surface area contributed by atoms with E-state index in [1.165, 1.54) is 24.3 Å². The maximum Gasteiger partial charge on any atom is 0.326 e. The minimum atomic E-state index is -1.53. The first-order chi connectivity index (χ1) is 15.6. The highest BCUT2D eigenvalue weighted by atomic mass is 32.2. The summed E-state index contributed by atoms with van der Waals surface area (Å²) in [5.74, 6) is -4.42. The summed E-state index contributed by atoms with van der Waals surface area (Å²) in [5, 5.41) is 25.5. The van der Waals surface area contributed by atoms with Gasteiger partial charge in [0, 0.05) is 18.3 Å². The van der Waals surface area contributed by atoms with Gasteiger partial charge in [0.15, 0.2) is 0 Å². The smallest absolute Gasteiger partial charge is 0.326 e. The largest absolute Gasteiger partial charge is 0.480 e. The summed E-state index contributed by atoms with van der Waals surface area (Å²) >= 11 is 1.38. The Kier molecular flexibility index (Phi) is 11.9. The van der Waals surface area contributed by atoms with Gasteiger partial charge in [-0.2, -0.15) is 11.8 Å². The fraction of sp³-hybridized carbons (Fsp3) is 0.556. The summed E-state index contributed by atoms with van der Waals surface area (Å²) in [7, 11) is 0. The number of aliphatic carboxylic acids is 1. The third-order valence-corrected chi connectivity index (χ3v) is 5.05. The highest BCUT2D eigenvalue weighted by Crippen LogP contribution is 2.03. The van der Waals surface area contributed by atoms with Crippen LogP contribution in [-0.2, 0) is 30.4 Å². The molecule has 1 aromatic heterocycles. The lowest BCUT2D eigenvalue weighted by molar-refractivity contribution is -0.142. The number of nitrogens with two attached hydrogens (primary N) is 2. The van der Waals surface area contributed by atoms with Gasteiger partial charge in [0.05, 0.1) is 25.4 Å². The van der Waals surface area contributed by atoms with Crippen molar-refractivity contribution in [1.82, 2.24) is 25.9 Å². The maximum absolute atomic E-state index is 12.6. The van der Waals surface area contributed by atoms with Crippen molar-refractivity contribution in [2.24, 2.45) is 11.5 Å². The molecule has 1 heterocycles. The van der Waals surface area contributed by atoms with Crippen LogP contribution in [0.5, 0.6) is 0 Å². The summed E-state index contributed by atoms with van der Waals surface area (Å²) in [4.78, 5) is 66.6. The second kappa shape index (κ2) is 14.1. The Morgan fingerprint density at radius 2 is 1.70 bits per heavy atom. The Morgan fingerprint density at radius 3 is 2.21 bits per heavy atom. The summed E-state index contributed by atoms with van der Waals surface area (Å²) in [6.45, 7) is -0.858. The van der Waals surface area contributed by atoms with Crippen LogP contribution in [-0.4, -0.2) is 92.6 Å². The third kappa shape index (κ3) is 9.88. The molecule has 0 radical (unpaired) electrons. The molecule has 0 saturated carbocycles. The number of rotatable bonds is 15. The van der Waals surface area contributed by atoms with Crippen molar-refractivity contribution in [1.29, 1.82) is 0 Å². The Hall–Kier alpha value is -3.17. The number of carboxylic acids is 1. The van der Waals surface area contributed by atoms with Gasteiger partial charge < -0.3 is 42.6 Å². The minimum Gasteiger partial charge on any atom is -0.480 e. The molecule has 0 aliphatic heterocycles. The molecule has 0 bridgehead atoms. The summed E-state index contributed by atoms with van der Waals surface area (Å²) < 4.78 is 0. The van der Waals surface area contributed by atoms with E-state index in [1.807, 2.05) is 0 Å². The molecule has 10 N–H and O–H groups in total. The molecule has 0 aromatic carbocycles. The van der Waals surface area contributed by atoms with Crippen LogP contribution >= 0.6 is 11.8 Å². The van der Waals surface area contributed by atoms with E-state index in [0.29, 0.717) is 11.4 Å². The molecule has 0 fully saturated rings. The number of thioether (sulfide) groups is 1. The van der Waals surface area contributed by atoms with Gasteiger partial charge in [0.25, 0.3) is 0 Å². The number of aromatic nitrogens is 2. The van der Waals surface area contributed by atoms with E-state index >= 15 is 0 Å². The Labute approximate surface area is 193 Å². The van der Waals surface area contributed by atoms with Crippen LogP contribution in [0.2, 0.25) is 0 Å². The van der Waals surface area contributed by atoms with E-state index < -0.39 is 66.8 Å². The molecule has 1 rings (SSSR count). The van der Waals surface area contributed by atoms with Crippen molar-refractivity contribution in [2.75, 3.05) is 18.6 Å². The number of carboxylic acid groups (broad SMARTS) is 1. The number of aliphatic hydroxyl groups is 1. The van der Waals surface area contributed by atoms with E-state index in [0.717, 1.165) is 0 Å². The Morgan fingerprint density at radius 1 is 1.09 bits per heavy atom. The number of hydrogen-bond acceptors (Lipinski definition) is 9. The van der Waals surface area contributed by atoms with Gasteiger partial charge in [-0.05, 0) is 18.4 Å². The van der Waals surface area contributed by atoms with Crippen LogP contribution in [0, 0.1) is 0 Å². The molecule has 184 valence electrons. The summed E-state index contributed by atoms with van der Waals surface area (Å²) in [6.07, 6.45) is 4.24. The Balaban J connectivity index is 2.81. The van der Waals surface area contributed by atoms with Crippen LogP contribution in [0.25, 0.3) is 0 Å². The van der Waals surface area contributed by atoms with Gasteiger partial charge in [0.2, 0.25) is 23.6 Å². The molecule has 4 amide bonds. The van der Waals surface area contributed by atoms with E-state index in [4.69, 9.17) is 11.5 Å². The van der Waals surface area contributed by atoms with Crippen LogP contribution in [0.1, 0.15) is 18.5 Å². The first kappa shape index (κ1) is 27.9. The fourth-order valence-electron chi connectivity index (χ4n) is 2.65. The van der Waals surface area contributed by atoms with Gasteiger partial charge in [-0.25, -0.2) is 9.78 Å². The molecule has 4 unspecified atom stereocenters. The quantitative estimate of drug-likeness (QED) is 0.121. The first-order valence-electron chi connectivity index (χ1n) is 9.83. The zero-order chi connectivity index (χ0) is 25.0. The molecular formula is C18H29N7O7S. The second-order valence-electron chi connectivity index (χ2n) is 7.04. The summed E-state index contributed by atoms with van der Waals surface area (Å²) in [5.41, 5.74) is 11.5. The normalized spacial score (nSPS) is 14.4. The molecule has 0 saturated heterocycles. The molecule has 0 aliphatic carbocycles. The summed E-state index contributed by atoms with van der Waals surface area (Å²) in [6, 6.07) is -5.31. The molecular weight excluding hydrogens is 458 g/mol. The second-order valence-corrected chi connectivity index (χ2v) is 8.03. The van der Waals surface area contributed by atoms with Crippen LogP contribution in [0.15, 0.2) is 12.5 Å². The average molecular weight is 488 g/mol. The predicted molar refractivity (Wildman–Crippen MR) is 118 cm³/mol. The number of nitrogens with one attached hydrogen (secondary N) is 4. The number of H-pyrrole nitrogens is 1. The van der Waals surface area contributed by atoms with Crippen molar-refractivity contribution in [3.63, 3.8) is 0 Å². The number of imidazole rings is 1. The highest BCUT2D eigenvalue weighted by molar-refractivity contribution is 7.98. The monoisotopic (exact) mass is 487 g/mol.